The van der Waals surface area contributed by atoms with E-state index in [1.165, 1.54) is 35.7 Å². The molecular weight excluding hydrogens is 196 g/mol. The van der Waals surface area contributed by atoms with Crippen LogP contribution in [0.2, 0.25) is 0 Å². The lowest BCUT2D eigenvalue weighted by Crippen LogP contribution is -2.21. The summed E-state index contributed by atoms with van der Waals surface area (Å²) in [5.41, 5.74) is 0. The molecule has 1 fully saturated rings. The standard InChI is InChI=1S/C6H6N2O2S2/c9-3-7-5-6(8-4-10)12-2-1-11-5/h5-6H,1-2H2. The first-order valence-corrected chi connectivity index (χ1v) is 5.35. The second-order valence-corrected chi connectivity index (χ2v) is 4.41. The van der Waals surface area contributed by atoms with Crippen LogP contribution in [0.3, 0.4) is 0 Å². The van der Waals surface area contributed by atoms with Gasteiger partial charge in [-0.15, -0.1) is 23.5 Å². The summed E-state index contributed by atoms with van der Waals surface area (Å²) >= 11 is 3.03. The minimum absolute atomic E-state index is 0.261. The third-order valence-electron chi connectivity index (χ3n) is 1.26. The van der Waals surface area contributed by atoms with Gasteiger partial charge in [0, 0.05) is 11.5 Å². The van der Waals surface area contributed by atoms with Crippen LogP contribution in [0.15, 0.2) is 9.98 Å². The van der Waals surface area contributed by atoms with Crippen molar-refractivity contribution in [1.29, 1.82) is 0 Å². The predicted molar refractivity (Wildman–Crippen MR) is 48.7 cm³/mol. The number of thioether (sulfide) groups is 2. The number of isocyanates is 2. The van der Waals surface area contributed by atoms with Crippen LogP contribution in [-0.4, -0.2) is 34.4 Å². The first-order valence-electron chi connectivity index (χ1n) is 3.25. The molecule has 0 bridgehead atoms. The van der Waals surface area contributed by atoms with Crippen molar-refractivity contribution >= 4 is 35.7 Å². The third-order valence-corrected chi connectivity index (χ3v) is 3.98. The quantitative estimate of drug-likeness (QED) is 0.490. The molecule has 6 heteroatoms. The molecule has 0 aromatic rings. The van der Waals surface area contributed by atoms with Gasteiger partial charge in [-0.25, -0.2) is 9.59 Å². The van der Waals surface area contributed by atoms with Crippen molar-refractivity contribution in [2.24, 2.45) is 9.98 Å². The Morgan fingerprint density at radius 3 is 1.75 bits per heavy atom. The van der Waals surface area contributed by atoms with E-state index >= 15 is 0 Å². The van der Waals surface area contributed by atoms with E-state index in [2.05, 4.69) is 9.98 Å². The second kappa shape index (κ2) is 5.17. The number of aliphatic imine (C=N–C) groups is 2. The normalized spacial score (nSPS) is 28.3. The summed E-state index contributed by atoms with van der Waals surface area (Å²) in [4.78, 5) is 27.0. The van der Waals surface area contributed by atoms with Crippen LogP contribution >= 0.6 is 23.5 Å². The molecule has 12 heavy (non-hydrogen) atoms. The van der Waals surface area contributed by atoms with Crippen LogP contribution in [0.25, 0.3) is 0 Å². The van der Waals surface area contributed by atoms with E-state index in [0.29, 0.717) is 0 Å². The van der Waals surface area contributed by atoms with E-state index in [9.17, 15) is 9.59 Å². The molecule has 1 rings (SSSR count). The minimum Gasteiger partial charge on any atom is -0.211 e. The smallest absolute Gasteiger partial charge is 0.211 e. The van der Waals surface area contributed by atoms with E-state index in [-0.39, 0.29) is 10.7 Å². The van der Waals surface area contributed by atoms with Gasteiger partial charge in [-0.05, 0) is 0 Å². The molecule has 1 heterocycles. The van der Waals surface area contributed by atoms with Crippen molar-refractivity contribution in [2.75, 3.05) is 11.5 Å². The van der Waals surface area contributed by atoms with E-state index in [1.54, 1.807) is 0 Å². The molecule has 0 aromatic carbocycles. The zero-order valence-electron chi connectivity index (χ0n) is 6.10. The largest absolute Gasteiger partial charge is 0.236 e. The second-order valence-electron chi connectivity index (χ2n) is 1.96. The Hall–Kier alpha value is -0.540. The lowest BCUT2D eigenvalue weighted by Gasteiger charge is -2.21. The Balaban J connectivity index is 2.65. The molecule has 64 valence electrons. The van der Waals surface area contributed by atoms with Crippen molar-refractivity contribution in [2.45, 2.75) is 10.7 Å². The van der Waals surface area contributed by atoms with Gasteiger partial charge >= 0.3 is 0 Å². The fraction of sp³-hybridized carbons (Fsp3) is 0.667. The van der Waals surface area contributed by atoms with Crippen LogP contribution in [0.1, 0.15) is 0 Å². The summed E-state index contributed by atoms with van der Waals surface area (Å²) in [6, 6.07) is 0. The first-order chi connectivity index (χ1) is 5.88. The zero-order chi connectivity index (χ0) is 8.81. The van der Waals surface area contributed by atoms with Crippen LogP contribution in [-0.2, 0) is 9.59 Å². The van der Waals surface area contributed by atoms with Crippen molar-refractivity contribution in [3.8, 4) is 0 Å². The van der Waals surface area contributed by atoms with Crippen LogP contribution in [0, 0.1) is 0 Å². The molecule has 2 unspecified atom stereocenters. The highest BCUT2D eigenvalue weighted by Crippen LogP contribution is 2.32. The summed E-state index contributed by atoms with van der Waals surface area (Å²) in [5.74, 6) is 1.84. The zero-order valence-corrected chi connectivity index (χ0v) is 7.73. The van der Waals surface area contributed by atoms with E-state index in [0.717, 1.165) is 11.5 Å². The number of hydrogen-bond donors (Lipinski definition) is 0. The lowest BCUT2D eigenvalue weighted by atomic mass is 10.6. The van der Waals surface area contributed by atoms with Gasteiger partial charge in [-0.2, -0.15) is 9.98 Å². The molecule has 0 saturated carbocycles. The maximum Gasteiger partial charge on any atom is 0.236 e. The topological polar surface area (TPSA) is 58.9 Å². The number of nitrogens with zero attached hydrogens (tertiary/aromatic N) is 2. The minimum atomic E-state index is -0.261. The summed E-state index contributed by atoms with van der Waals surface area (Å²) in [6.45, 7) is 0. The molecule has 0 aliphatic carbocycles. The maximum absolute atomic E-state index is 9.97. The van der Waals surface area contributed by atoms with Crippen molar-refractivity contribution in [1.82, 2.24) is 0 Å². The van der Waals surface area contributed by atoms with Crippen LogP contribution in [0.5, 0.6) is 0 Å². The number of hydrogen-bond acceptors (Lipinski definition) is 6. The summed E-state index contributed by atoms with van der Waals surface area (Å²) in [6.07, 6.45) is 2.95. The van der Waals surface area contributed by atoms with Crippen molar-refractivity contribution in [3.05, 3.63) is 0 Å². The Kier molecular flexibility index (Phi) is 4.11. The maximum atomic E-state index is 9.97. The SMILES string of the molecule is O=C=NC1SCCSC1N=C=O. The summed E-state index contributed by atoms with van der Waals surface area (Å²) < 4.78 is 0. The molecule has 1 aliphatic rings. The molecule has 4 nitrogen and oxygen atoms in total. The molecule has 0 amide bonds. The average molecular weight is 202 g/mol. The predicted octanol–water partition coefficient (Wildman–Crippen LogP) is 0.790. The van der Waals surface area contributed by atoms with E-state index in [4.69, 9.17) is 0 Å². The highest BCUT2D eigenvalue weighted by molar-refractivity contribution is 8.07. The highest BCUT2D eigenvalue weighted by atomic mass is 32.2. The van der Waals surface area contributed by atoms with E-state index in [1.807, 2.05) is 0 Å². The van der Waals surface area contributed by atoms with Crippen LogP contribution < -0.4 is 0 Å². The van der Waals surface area contributed by atoms with Gasteiger partial charge < -0.3 is 0 Å². The molecule has 0 N–H and O–H groups in total. The molecule has 2 atom stereocenters. The Morgan fingerprint density at radius 1 is 1.00 bits per heavy atom. The van der Waals surface area contributed by atoms with E-state index < -0.39 is 0 Å². The molecule has 0 aromatic heterocycles. The third kappa shape index (κ3) is 2.50. The number of carbonyl (C=O) groups excluding carboxylic acids is 2. The summed E-state index contributed by atoms with van der Waals surface area (Å²) in [7, 11) is 0. The highest BCUT2D eigenvalue weighted by Gasteiger charge is 2.25. The van der Waals surface area contributed by atoms with Gasteiger partial charge in [-0.3, -0.25) is 0 Å². The van der Waals surface area contributed by atoms with Gasteiger partial charge in [-0.1, -0.05) is 0 Å². The van der Waals surface area contributed by atoms with Gasteiger partial charge in [0.1, 0.15) is 10.7 Å². The fourth-order valence-corrected chi connectivity index (χ4v) is 3.22. The molecule has 0 radical (unpaired) electrons. The lowest BCUT2D eigenvalue weighted by molar-refractivity contribution is 0.557. The monoisotopic (exact) mass is 202 g/mol. The fourth-order valence-electron chi connectivity index (χ4n) is 0.808. The van der Waals surface area contributed by atoms with Crippen molar-refractivity contribution < 1.29 is 9.59 Å². The Bertz CT molecular complexity index is 220. The van der Waals surface area contributed by atoms with Crippen molar-refractivity contribution in [3.63, 3.8) is 0 Å². The number of rotatable bonds is 2. The molecule has 1 saturated heterocycles. The van der Waals surface area contributed by atoms with Gasteiger partial charge in [0.05, 0.1) is 0 Å². The van der Waals surface area contributed by atoms with Gasteiger partial charge in [0.2, 0.25) is 12.2 Å². The molecular formula is C6H6N2O2S2. The molecule has 0 spiro atoms. The first kappa shape index (κ1) is 9.55. The summed E-state index contributed by atoms with van der Waals surface area (Å²) in [5, 5.41) is -0.523. The van der Waals surface area contributed by atoms with Gasteiger partial charge in [0.15, 0.2) is 0 Å². The molecule has 1 aliphatic heterocycles. The Morgan fingerprint density at radius 2 is 1.42 bits per heavy atom. The van der Waals surface area contributed by atoms with Gasteiger partial charge in [0.25, 0.3) is 0 Å². The Labute approximate surface area is 77.9 Å². The van der Waals surface area contributed by atoms with Crippen LogP contribution in [0.4, 0.5) is 0 Å². The average Bonchev–Trinajstić information content (AvgIpc) is 2.09.